The molecule has 3 aromatic rings. The molecule has 1 aromatic carbocycles. The van der Waals surface area contributed by atoms with E-state index in [1.807, 2.05) is 45.0 Å². The van der Waals surface area contributed by atoms with E-state index in [1.54, 1.807) is 11.2 Å². The van der Waals surface area contributed by atoms with Crippen molar-refractivity contribution in [3.05, 3.63) is 47.9 Å². The second-order valence-corrected chi connectivity index (χ2v) is 10.3. The SMILES string of the molecule is C[C@@H]1CN(C(=O)OC(C)(C)C)CCN1c1ncnc2c1c(C1CC1)cn2-c1cccc(C#N)c1. The van der Waals surface area contributed by atoms with Crippen molar-refractivity contribution in [1.29, 1.82) is 5.26 Å². The van der Waals surface area contributed by atoms with Crippen LogP contribution in [0.4, 0.5) is 10.6 Å². The summed E-state index contributed by atoms with van der Waals surface area (Å²) in [6.07, 6.45) is 5.83. The predicted molar refractivity (Wildman–Crippen MR) is 130 cm³/mol. The number of hydrogen-bond donors (Lipinski definition) is 0. The molecule has 34 heavy (non-hydrogen) atoms. The van der Waals surface area contributed by atoms with E-state index in [2.05, 4.69) is 33.6 Å². The van der Waals surface area contributed by atoms with E-state index in [9.17, 15) is 10.1 Å². The maximum absolute atomic E-state index is 12.6. The van der Waals surface area contributed by atoms with E-state index >= 15 is 0 Å². The summed E-state index contributed by atoms with van der Waals surface area (Å²) in [5, 5.41) is 10.4. The van der Waals surface area contributed by atoms with Gasteiger partial charge < -0.3 is 19.1 Å². The second-order valence-electron chi connectivity index (χ2n) is 10.3. The molecule has 1 amide bonds. The van der Waals surface area contributed by atoms with Gasteiger partial charge in [0, 0.05) is 37.6 Å². The molecule has 5 rings (SSSR count). The molecule has 2 fully saturated rings. The maximum Gasteiger partial charge on any atom is 0.410 e. The van der Waals surface area contributed by atoms with Gasteiger partial charge in [-0.25, -0.2) is 14.8 Å². The lowest BCUT2D eigenvalue weighted by atomic mass is 10.1. The van der Waals surface area contributed by atoms with Gasteiger partial charge in [-0.1, -0.05) is 6.07 Å². The first-order valence-corrected chi connectivity index (χ1v) is 11.9. The Morgan fingerprint density at radius 2 is 2.00 bits per heavy atom. The Morgan fingerprint density at radius 3 is 2.68 bits per heavy atom. The standard InChI is InChI=1S/C26H30N6O2/c1-17-14-30(25(33)34-26(2,3)4)10-11-31(17)23-22-21(19-8-9-19)15-32(24(22)29-16-28-23)20-7-5-6-18(12-20)13-27/h5-7,12,15-17,19H,8-11,14H2,1-4H3/t17-/m1/s1. The summed E-state index contributed by atoms with van der Waals surface area (Å²) in [6.45, 7) is 9.61. The summed E-state index contributed by atoms with van der Waals surface area (Å²) in [6, 6.07) is 9.90. The summed E-state index contributed by atoms with van der Waals surface area (Å²) in [5.41, 5.74) is 3.14. The van der Waals surface area contributed by atoms with E-state index < -0.39 is 5.60 Å². The molecule has 0 N–H and O–H groups in total. The molecule has 2 aliphatic rings. The van der Waals surface area contributed by atoms with Crippen molar-refractivity contribution in [2.24, 2.45) is 0 Å². The van der Waals surface area contributed by atoms with Gasteiger partial charge in [-0.15, -0.1) is 0 Å². The average Bonchev–Trinajstić information content (AvgIpc) is 3.57. The molecule has 8 heteroatoms. The third kappa shape index (κ3) is 4.18. The van der Waals surface area contributed by atoms with Gasteiger partial charge in [0.15, 0.2) is 0 Å². The molecule has 1 aliphatic heterocycles. The molecule has 1 saturated carbocycles. The van der Waals surface area contributed by atoms with Gasteiger partial charge in [0.05, 0.1) is 17.0 Å². The molecule has 1 saturated heterocycles. The number of amides is 1. The number of fused-ring (bicyclic) bond motifs is 1. The van der Waals surface area contributed by atoms with Gasteiger partial charge in [-0.2, -0.15) is 5.26 Å². The van der Waals surface area contributed by atoms with Crippen molar-refractivity contribution < 1.29 is 9.53 Å². The lowest BCUT2D eigenvalue weighted by Gasteiger charge is -2.41. The fraction of sp³-hybridized carbons (Fsp3) is 0.462. The van der Waals surface area contributed by atoms with Crippen LogP contribution >= 0.6 is 0 Å². The molecule has 2 aromatic heterocycles. The Balaban J connectivity index is 1.51. The van der Waals surface area contributed by atoms with E-state index in [1.165, 1.54) is 5.56 Å². The number of anilines is 1. The van der Waals surface area contributed by atoms with Crippen LogP contribution in [0.3, 0.4) is 0 Å². The lowest BCUT2D eigenvalue weighted by Crippen LogP contribution is -2.54. The Kier molecular flexibility index (Phi) is 5.43. The Morgan fingerprint density at radius 1 is 1.21 bits per heavy atom. The molecule has 8 nitrogen and oxygen atoms in total. The normalized spacial score (nSPS) is 18.7. The van der Waals surface area contributed by atoms with Crippen LogP contribution in [0.1, 0.15) is 57.6 Å². The number of benzene rings is 1. The largest absolute Gasteiger partial charge is 0.444 e. The predicted octanol–water partition coefficient (Wildman–Crippen LogP) is 4.62. The number of nitriles is 1. The van der Waals surface area contributed by atoms with Crippen LogP contribution in [0.2, 0.25) is 0 Å². The number of piperazine rings is 1. The zero-order chi connectivity index (χ0) is 24.0. The molecule has 0 unspecified atom stereocenters. The Labute approximate surface area is 199 Å². The molecule has 0 bridgehead atoms. The van der Waals surface area contributed by atoms with Gasteiger partial charge in [0.25, 0.3) is 0 Å². The maximum atomic E-state index is 12.6. The summed E-state index contributed by atoms with van der Waals surface area (Å²) in [5.74, 6) is 1.42. The van der Waals surface area contributed by atoms with Crippen LogP contribution in [-0.4, -0.2) is 56.8 Å². The Hall–Kier alpha value is -3.60. The van der Waals surface area contributed by atoms with Crippen LogP contribution in [0.25, 0.3) is 16.7 Å². The number of rotatable bonds is 3. The van der Waals surface area contributed by atoms with Crippen LogP contribution in [0.15, 0.2) is 36.8 Å². The van der Waals surface area contributed by atoms with Gasteiger partial charge in [-0.3, -0.25) is 0 Å². The molecule has 1 atom stereocenters. The highest BCUT2D eigenvalue weighted by Gasteiger charge is 2.34. The zero-order valence-electron chi connectivity index (χ0n) is 20.2. The highest BCUT2D eigenvalue weighted by atomic mass is 16.6. The Bertz CT molecular complexity index is 1280. The molecular weight excluding hydrogens is 428 g/mol. The molecule has 3 heterocycles. The van der Waals surface area contributed by atoms with Crippen LogP contribution in [0.5, 0.6) is 0 Å². The quantitative estimate of drug-likeness (QED) is 0.569. The second kappa shape index (κ2) is 8.32. The zero-order valence-corrected chi connectivity index (χ0v) is 20.2. The first-order valence-electron chi connectivity index (χ1n) is 11.9. The first-order chi connectivity index (χ1) is 16.2. The van der Waals surface area contributed by atoms with Crippen molar-refractivity contribution in [3.8, 4) is 11.8 Å². The number of aromatic nitrogens is 3. The summed E-state index contributed by atoms with van der Waals surface area (Å²) >= 11 is 0. The number of ether oxygens (including phenoxy) is 1. The fourth-order valence-corrected chi connectivity index (χ4v) is 4.68. The minimum absolute atomic E-state index is 0.0803. The monoisotopic (exact) mass is 458 g/mol. The van der Waals surface area contributed by atoms with Crippen molar-refractivity contribution in [1.82, 2.24) is 19.4 Å². The van der Waals surface area contributed by atoms with Crippen LogP contribution in [0, 0.1) is 11.3 Å². The number of nitrogens with zero attached hydrogens (tertiary/aromatic N) is 6. The topological polar surface area (TPSA) is 87.3 Å². The van der Waals surface area contributed by atoms with Gasteiger partial charge >= 0.3 is 6.09 Å². The molecular formula is C26H30N6O2. The van der Waals surface area contributed by atoms with E-state index in [0.717, 1.165) is 35.4 Å². The third-order valence-electron chi connectivity index (χ3n) is 6.41. The van der Waals surface area contributed by atoms with Gasteiger partial charge in [0.2, 0.25) is 0 Å². The summed E-state index contributed by atoms with van der Waals surface area (Å²) < 4.78 is 7.66. The first kappa shape index (κ1) is 22.2. The van der Waals surface area contributed by atoms with Crippen LogP contribution < -0.4 is 4.90 Å². The minimum atomic E-state index is -0.513. The van der Waals surface area contributed by atoms with E-state index in [-0.39, 0.29) is 12.1 Å². The third-order valence-corrected chi connectivity index (χ3v) is 6.41. The minimum Gasteiger partial charge on any atom is -0.444 e. The van der Waals surface area contributed by atoms with Crippen molar-refractivity contribution in [2.45, 2.75) is 58.1 Å². The number of hydrogen-bond acceptors (Lipinski definition) is 6. The molecule has 0 spiro atoms. The molecule has 176 valence electrons. The lowest BCUT2D eigenvalue weighted by molar-refractivity contribution is 0.0218. The summed E-state index contributed by atoms with van der Waals surface area (Å²) in [7, 11) is 0. The van der Waals surface area contributed by atoms with E-state index in [4.69, 9.17) is 9.72 Å². The van der Waals surface area contributed by atoms with Crippen molar-refractivity contribution >= 4 is 22.9 Å². The number of carbonyl (C=O) groups excluding carboxylic acids is 1. The van der Waals surface area contributed by atoms with Crippen LogP contribution in [-0.2, 0) is 4.74 Å². The molecule has 1 aliphatic carbocycles. The van der Waals surface area contributed by atoms with Gasteiger partial charge in [-0.05, 0) is 70.2 Å². The average molecular weight is 459 g/mol. The number of carbonyl (C=O) groups is 1. The molecule has 0 radical (unpaired) electrons. The smallest absolute Gasteiger partial charge is 0.410 e. The van der Waals surface area contributed by atoms with E-state index in [0.29, 0.717) is 31.1 Å². The highest BCUT2D eigenvalue weighted by molar-refractivity contribution is 5.93. The highest BCUT2D eigenvalue weighted by Crippen LogP contribution is 2.46. The van der Waals surface area contributed by atoms with Gasteiger partial charge in [0.1, 0.15) is 23.4 Å². The summed E-state index contributed by atoms with van der Waals surface area (Å²) in [4.78, 5) is 26.1. The van der Waals surface area contributed by atoms with Crippen molar-refractivity contribution in [3.63, 3.8) is 0 Å². The van der Waals surface area contributed by atoms with Crippen molar-refractivity contribution in [2.75, 3.05) is 24.5 Å². The fourth-order valence-electron chi connectivity index (χ4n) is 4.68.